The number of carbonyl (C=O) groups excluding carboxylic acids is 1. The highest BCUT2D eigenvalue weighted by molar-refractivity contribution is 7.99. The van der Waals surface area contributed by atoms with Crippen LogP contribution in [0.25, 0.3) is 0 Å². The molecule has 1 heterocycles. The Morgan fingerprint density at radius 1 is 1.20 bits per heavy atom. The lowest BCUT2D eigenvalue weighted by atomic mass is 10.2. The topological polar surface area (TPSA) is 35.6 Å². The van der Waals surface area contributed by atoms with Crippen molar-refractivity contribution in [3.8, 4) is 0 Å². The van der Waals surface area contributed by atoms with Crippen LogP contribution in [0.2, 0.25) is 0 Å². The Hall–Kier alpha value is -1.20. The van der Waals surface area contributed by atoms with Crippen LogP contribution in [-0.4, -0.2) is 53.8 Å². The second-order valence-corrected chi connectivity index (χ2v) is 8.94. The van der Waals surface area contributed by atoms with Crippen molar-refractivity contribution >= 4 is 23.5 Å². The third kappa shape index (κ3) is 6.23. The van der Waals surface area contributed by atoms with Gasteiger partial charge in [-0.1, -0.05) is 27.7 Å². The van der Waals surface area contributed by atoms with E-state index < -0.39 is 0 Å². The van der Waals surface area contributed by atoms with Crippen molar-refractivity contribution < 1.29 is 4.79 Å². The Kier molecular flexibility index (Phi) is 7.63. The second-order valence-electron chi connectivity index (χ2n) is 7.43. The third-order valence-corrected chi connectivity index (χ3v) is 5.90. The highest BCUT2D eigenvalue weighted by Crippen LogP contribution is 2.28. The number of nitrogens with one attached hydrogen (secondary N) is 1. The molecule has 5 heteroatoms. The fraction of sp³-hybridized carbons (Fsp3) is 0.650. The lowest BCUT2D eigenvalue weighted by molar-refractivity contribution is 0.138. The number of thioether (sulfide) groups is 1. The Labute approximate surface area is 157 Å². The number of aryl methyl sites for hydroxylation is 1. The molecule has 1 saturated heterocycles. The van der Waals surface area contributed by atoms with Gasteiger partial charge in [0.05, 0.1) is 0 Å². The van der Waals surface area contributed by atoms with E-state index in [2.05, 4.69) is 57.0 Å². The highest BCUT2D eigenvalue weighted by Gasteiger charge is 2.21. The zero-order valence-electron chi connectivity index (χ0n) is 16.3. The number of amides is 2. The minimum atomic E-state index is 0.0228. The summed E-state index contributed by atoms with van der Waals surface area (Å²) in [7, 11) is 0. The number of anilines is 1. The molecule has 25 heavy (non-hydrogen) atoms. The molecule has 1 unspecified atom stereocenters. The van der Waals surface area contributed by atoms with Crippen molar-refractivity contribution in [1.29, 1.82) is 0 Å². The van der Waals surface area contributed by atoms with Crippen molar-refractivity contribution in [1.82, 2.24) is 9.80 Å². The van der Waals surface area contributed by atoms with E-state index in [-0.39, 0.29) is 6.03 Å². The fourth-order valence-corrected chi connectivity index (χ4v) is 4.03. The number of nitrogens with zero attached hydrogens (tertiary/aromatic N) is 2. The maximum Gasteiger partial charge on any atom is 0.321 e. The molecule has 4 nitrogen and oxygen atoms in total. The van der Waals surface area contributed by atoms with Gasteiger partial charge >= 0.3 is 6.03 Å². The fourth-order valence-electron chi connectivity index (χ4n) is 3.01. The molecule has 0 aliphatic carbocycles. The van der Waals surface area contributed by atoms with Gasteiger partial charge < -0.3 is 10.2 Å². The first kappa shape index (κ1) is 20.1. The Bertz CT molecular complexity index is 568. The van der Waals surface area contributed by atoms with Crippen molar-refractivity contribution in [2.45, 2.75) is 51.2 Å². The Balaban J connectivity index is 1.88. The number of piperazine rings is 1. The van der Waals surface area contributed by atoms with E-state index in [1.54, 1.807) is 0 Å². The quantitative estimate of drug-likeness (QED) is 0.745. The molecule has 1 aliphatic heterocycles. The molecule has 0 bridgehead atoms. The van der Waals surface area contributed by atoms with E-state index in [1.807, 2.05) is 22.7 Å². The van der Waals surface area contributed by atoms with Gasteiger partial charge in [-0.3, -0.25) is 4.90 Å². The van der Waals surface area contributed by atoms with Crippen LogP contribution < -0.4 is 5.32 Å². The van der Waals surface area contributed by atoms with Gasteiger partial charge in [0.1, 0.15) is 0 Å². The first-order valence-corrected chi connectivity index (χ1v) is 10.3. The number of hydrogen-bond donors (Lipinski definition) is 1. The van der Waals surface area contributed by atoms with Crippen molar-refractivity contribution in [3.05, 3.63) is 23.8 Å². The molecule has 2 rings (SSSR count). The van der Waals surface area contributed by atoms with Crippen molar-refractivity contribution in [2.24, 2.45) is 5.92 Å². The van der Waals surface area contributed by atoms with Gasteiger partial charge in [0, 0.05) is 48.6 Å². The number of rotatable bonds is 6. The summed E-state index contributed by atoms with van der Waals surface area (Å²) in [5.74, 6) is 0.676. The second kappa shape index (κ2) is 9.48. The molecule has 1 atom stereocenters. The number of carbonyl (C=O) groups is 1. The normalized spacial score (nSPS) is 17.0. The zero-order valence-corrected chi connectivity index (χ0v) is 17.2. The maximum atomic E-state index is 12.5. The van der Waals surface area contributed by atoms with Crippen molar-refractivity contribution in [3.63, 3.8) is 0 Å². The van der Waals surface area contributed by atoms with Crippen LogP contribution in [-0.2, 0) is 0 Å². The molecule has 1 aromatic carbocycles. The van der Waals surface area contributed by atoms with Gasteiger partial charge in [-0.15, -0.1) is 11.8 Å². The van der Waals surface area contributed by atoms with Gasteiger partial charge in [-0.05, 0) is 43.0 Å². The van der Waals surface area contributed by atoms with E-state index in [9.17, 15) is 4.79 Å². The summed E-state index contributed by atoms with van der Waals surface area (Å²) in [6, 6.07) is 6.34. The summed E-state index contributed by atoms with van der Waals surface area (Å²) in [6.45, 7) is 15.7. The van der Waals surface area contributed by atoms with Gasteiger partial charge in [-0.2, -0.15) is 0 Å². The predicted octanol–water partition coefficient (Wildman–Crippen LogP) is 4.69. The monoisotopic (exact) mass is 363 g/mol. The predicted molar refractivity (Wildman–Crippen MR) is 109 cm³/mol. The van der Waals surface area contributed by atoms with Crippen LogP contribution in [0.15, 0.2) is 23.1 Å². The van der Waals surface area contributed by atoms with Crippen molar-refractivity contribution in [2.75, 3.05) is 38.0 Å². The number of hydrogen-bond acceptors (Lipinski definition) is 3. The van der Waals surface area contributed by atoms with Gasteiger partial charge in [0.25, 0.3) is 0 Å². The van der Waals surface area contributed by atoms with Gasteiger partial charge in [0.15, 0.2) is 0 Å². The van der Waals surface area contributed by atoms with Crippen LogP contribution in [0.3, 0.4) is 0 Å². The number of benzene rings is 1. The lowest BCUT2D eigenvalue weighted by Gasteiger charge is -2.35. The lowest BCUT2D eigenvalue weighted by Crippen LogP contribution is -2.50. The molecule has 2 amide bonds. The molecule has 0 radical (unpaired) electrons. The Morgan fingerprint density at radius 2 is 1.88 bits per heavy atom. The largest absolute Gasteiger partial charge is 0.322 e. The summed E-state index contributed by atoms with van der Waals surface area (Å²) in [4.78, 5) is 18.2. The third-order valence-electron chi connectivity index (χ3n) is 4.63. The van der Waals surface area contributed by atoms with Crippen LogP contribution in [0.4, 0.5) is 10.5 Å². The van der Waals surface area contributed by atoms with Crippen LogP contribution in [0.1, 0.15) is 39.7 Å². The van der Waals surface area contributed by atoms with E-state index in [0.717, 1.165) is 50.4 Å². The van der Waals surface area contributed by atoms with Crippen LogP contribution in [0, 0.1) is 12.8 Å². The van der Waals surface area contributed by atoms with E-state index >= 15 is 0 Å². The van der Waals surface area contributed by atoms with E-state index in [1.165, 1.54) is 4.90 Å². The molecule has 0 spiro atoms. The average molecular weight is 364 g/mol. The maximum absolute atomic E-state index is 12.5. The van der Waals surface area contributed by atoms with E-state index in [4.69, 9.17) is 0 Å². The molecule has 0 aromatic heterocycles. The van der Waals surface area contributed by atoms with Crippen LogP contribution in [0.5, 0.6) is 0 Å². The first-order valence-electron chi connectivity index (χ1n) is 9.44. The SMILES string of the molecule is CCC(C)Sc1ccc(NC(=O)N2CCN(CC(C)C)CC2)c(C)c1. The molecule has 1 N–H and O–H groups in total. The summed E-state index contributed by atoms with van der Waals surface area (Å²) in [5.41, 5.74) is 2.04. The molecular formula is C20H33N3OS. The van der Waals surface area contributed by atoms with E-state index in [0.29, 0.717) is 11.2 Å². The highest BCUT2D eigenvalue weighted by atomic mass is 32.2. The summed E-state index contributed by atoms with van der Waals surface area (Å²) >= 11 is 1.89. The molecule has 1 aromatic rings. The molecule has 0 saturated carbocycles. The summed E-state index contributed by atoms with van der Waals surface area (Å²) in [6.07, 6.45) is 1.16. The molecule has 140 valence electrons. The molecular weight excluding hydrogens is 330 g/mol. The Morgan fingerprint density at radius 3 is 2.44 bits per heavy atom. The summed E-state index contributed by atoms with van der Waals surface area (Å²) < 4.78 is 0. The van der Waals surface area contributed by atoms with Gasteiger partial charge in [-0.25, -0.2) is 4.79 Å². The standard InChI is InChI=1S/C20H33N3OS/c1-6-17(5)25-18-7-8-19(16(4)13-18)21-20(24)23-11-9-22(10-12-23)14-15(2)3/h7-8,13,15,17H,6,9-12,14H2,1-5H3,(H,21,24). The van der Waals surface area contributed by atoms with Gasteiger partial charge in [0.2, 0.25) is 0 Å². The minimum Gasteiger partial charge on any atom is -0.322 e. The zero-order chi connectivity index (χ0) is 18.4. The van der Waals surface area contributed by atoms with Crippen LogP contribution >= 0.6 is 11.8 Å². The molecule has 1 fully saturated rings. The average Bonchev–Trinajstić information content (AvgIpc) is 2.57. The number of urea groups is 1. The summed E-state index contributed by atoms with van der Waals surface area (Å²) in [5, 5.41) is 3.70. The molecule has 1 aliphatic rings. The minimum absolute atomic E-state index is 0.0228. The smallest absolute Gasteiger partial charge is 0.321 e. The first-order chi connectivity index (χ1) is 11.9.